The van der Waals surface area contributed by atoms with Crippen molar-refractivity contribution >= 4 is 41.5 Å². The van der Waals surface area contributed by atoms with Crippen LogP contribution in [0.25, 0.3) is 0 Å². The van der Waals surface area contributed by atoms with Crippen LogP contribution in [-0.4, -0.2) is 25.0 Å². The third-order valence-electron chi connectivity index (χ3n) is 3.16. The van der Waals surface area contributed by atoms with Crippen LogP contribution in [0.1, 0.15) is 46.1 Å². The lowest BCUT2D eigenvalue weighted by atomic mass is 10.2. The number of hydrogen-bond donors (Lipinski definition) is 3. The number of hydrogen-bond acceptors (Lipinski definition) is 2. The average Bonchev–Trinajstić information content (AvgIpc) is 2.51. The molecule has 0 saturated heterocycles. The fourth-order valence-corrected chi connectivity index (χ4v) is 1.96. The molecule has 1 amide bonds. The van der Waals surface area contributed by atoms with Crippen molar-refractivity contribution in [2.24, 2.45) is 10.9 Å². The third kappa shape index (κ3) is 9.75. The van der Waals surface area contributed by atoms with Gasteiger partial charge in [0.05, 0.1) is 6.54 Å². The van der Waals surface area contributed by atoms with Crippen LogP contribution in [0.15, 0.2) is 29.3 Å². The Bertz CT molecular complexity index is 500. The first kappa shape index (κ1) is 22.7. The van der Waals surface area contributed by atoms with Crippen LogP contribution in [0, 0.1) is 5.92 Å². The summed E-state index contributed by atoms with van der Waals surface area (Å²) in [5, 5.41) is 9.45. The van der Waals surface area contributed by atoms with Crippen LogP contribution in [0.3, 0.4) is 0 Å². The third-order valence-corrected chi connectivity index (χ3v) is 3.16. The van der Waals surface area contributed by atoms with E-state index in [9.17, 15) is 4.79 Å². The van der Waals surface area contributed by atoms with Gasteiger partial charge in [0.15, 0.2) is 5.96 Å². The van der Waals surface area contributed by atoms with Gasteiger partial charge >= 0.3 is 0 Å². The second-order valence-corrected chi connectivity index (χ2v) is 5.97. The molecule has 0 atom stereocenters. The van der Waals surface area contributed by atoms with E-state index in [0.29, 0.717) is 18.9 Å². The van der Waals surface area contributed by atoms with Crippen LogP contribution in [0.4, 0.5) is 5.69 Å². The summed E-state index contributed by atoms with van der Waals surface area (Å²) in [5.74, 6) is 1.47. The Labute approximate surface area is 163 Å². The van der Waals surface area contributed by atoms with Gasteiger partial charge in [-0.05, 0) is 37.0 Å². The van der Waals surface area contributed by atoms with Gasteiger partial charge in [-0.1, -0.05) is 32.9 Å². The summed E-state index contributed by atoms with van der Waals surface area (Å²) in [5.41, 5.74) is 1.95. The Kier molecular flexibility index (Phi) is 12.3. The Balaban J connectivity index is 0.00000529. The van der Waals surface area contributed by atoms with Gasteiger partial charge in [-0.2, -0.15) is 0 Å². The maximum absolute atomic E-state index is 11.6. The fourth-order valence-electron chi connectivity index (χ4n) is 1.96. The Morgan fingerprint density at radius 2 is 1.79 bits per heavy atom. The predicted octanol–water partition coefficient (Wildman–Crippen LogP) is 3.75. The summed E-state index contributed by atoms with van der Waals surface area (Å²) in [6.45, 7) is 10.7. The Morgan fingerprint density at radius 1 is 1.12 bits per heavy atom. The molecular formula is C18H31IN4O. The van der Waals surface area contributed by atoms with Gasteiger partial charge in [0.25, 0.3) is 0 Å². The number of amides is 1. The molecule has 0 aromatic heterocycles. The van der Waals surface area contributed by atoms with E-state index in [-0.39, 0.29) is 29.9 Å². The molecule has 5 nitrogen and oxygen atoms in total. The van der Waals surface area contributed by atoms with E-state index >= 15 is 0 Å². The molecule has 0 spiro atoms. The second kappa shape index (κ2) is 13.0. The molecule has 0 heterocycles. The highest BCUT2D eigenvalue weighted by molar-refractivity contribution is 14.0. The van der Waals surface area contributed by atoms with E-state index in [0.717, 1.165) is 36.7 Å². The first-order chi connectivity index (χ1) is 11.0. The summed E-state index contributed by atoms with van der Waals surface area (Å²) in [6, 6.07) is 7.84. The maximum atomic E-state index is 11.6. The number of aliphatic imine (C=N–C) groups is 1. The molecule has 3 N–H and O–H groups in total. The lowest BCUT2D eigenvalue weighted by Gasteiger charge is -2.13. The topological polar surface area (TPSA) is 65.5 Å². The molecule has 0 aliphatic rings. The summed E-state index contributed by atoms with van der Waals surface area (Å²) in [6.07, 6.45) is 1.41. The van der Waals surface area contributed by atoms with Crippen molar-refractivity contribution in [3.8, 4) is 0 Å². The van der Waals surface area contributed by atoms with Gasteiger partial charge in [0.2, 0.25) is 5.91 Å². The zero-order chi connectivity index (χ0) is 17.1. The minimum atomic E-state index is 0. The quantitative estimate of drug-likeness (QED) is 0.324. The SMILES string of the molecule is CCCC(=O)Nc1ccc(CN=C(NCC)NCC(C)C)cc1.I. The molecule has 1 aromatic rings. The Hall–Kier alpha value is -1.31. The zero-order valence-corrected chi connectivity index (χ0v) is 17.5. The van der Waals surface area contributed by atoms with Crippen molar-refractivity contribution in [3.05, 3.63) is 29.8 Å². The Morgan fingerprint density at radius 3 is 2.33 bits per heavy atom. The largest absolute Gasteiger partial charge is 0.357 e. The van der Waals surface area contributed by atoms with Crippen molar-refractivity contribution in [1.29, 1.82) is 0 Å². The van der Waals surface area contributed by atoms with Crippen molar-refractivity contribution in [1.82, 2.24) is 10.6 Å². The standard InChI is InChI=1S/C18H30N4O.HI/c1-5-7-17(23)22-16-10-8-15(9-11-16)13-21-18(19-6-2)20-12-14(3)4;/h8-11,14H,5-7,12-13H2,1-4H3,(H,22,23)(H2,19,20,21);1H. The van der Waals surface area contributed by atoms with Gasteiger partial charge < -0.3 is 16.0 Å². The minimum Gasteiger partial charge on any atom is -0.357 e. The summed E-state index contributed by atoms with van der Waals surface area (Å²) < 4.78 is 0. The number of carbonyl (C=O) groups is 1. The molecule has 0 fully saturated rings. The molecule has 0 bridgehead atoms. The number of nitrogens with zero attached hydrogens (tertiary/aromatic N) is 1. The average molecular weight is 446 g/mol. The molecule has 1 aromatic carbocycles. The van der Waals surface area contributed by atoms with Gasteiger partial charge in [-0.25, -0.2) is 4.99 Å². The molecule has 0 aliphatic heterocycles. The molecule has 0 radical (unpaired) electrons. The van der Waals surface area contributed by atoms with Crippen LogP contribution < -0.4 is 16.0 Å². The number of carbonyl (C=O) groups excluding carboxylic acids is 1. The van der Waals surface area contributed by atoms with Crippen LogP contribution >= 0.6 is 24.0 Å². The molecule has 0 saturated carbocycles. The van der Waals surface area contributed by atoms with Gasteiger partial charge in [0.1, 0.15) is 0 Å². The van der Waals surface area contributed by atoms with E-state index in [1.807, 2.05) is 31.2 Å². The highest BCUT2D eigenvalue weighted by Crippen LogP contribution is 2.11. The van der Waals surface area contributed by atoms with Crippen LogP contribution in [-0.2, 0) is 11.3 Å². The van der Waals surface area contributed by atoms with E-state index < -0.39 is 0 Å². The van der Waals surface area contributed by atoms with Crippen LogP contribution in [0.2, 0.25) is 0 Å². The second-order valence-electron chi connectivity index (χ2n) is 5.97. The van der Waals surface area contributed by atoms with Crippen molar-refractivity contribution in [2.75, 3.05) is 18.4 Å². The van der Waals surface area contributed by atoms with E-state index in [1.54, 1.807) is 0 Å². The number of nitrogens with one attached hydrogen (secondary N) is 3. The molecule has 0 unspecified atom stereocenters. The highest BCUT2D eigenvalue weighted by Gasteiger charge is 2.02. The summed E-state index contributed by atoms with van der Waals surface area (Å²) >= 11 is 0. The molecule has 136 valence electrons. The number of guanidine groups is 1. The number of halogens is 1. The lowest BCUT2D eigenvalue weighted by molar-refractivity contribution is -0.116. The maximum Gasteiger partial charge on any atom is 0.224 e. The number of benzene rings is 1. The number of rotatable bonds is 8. The molecule has 0 aliphatic carbocycles. The smallest absolute Gasteiger partial charge is 0.224 e. The molecule has 1 rings (SSSR count). The fraction of sp³-hybridized carbons (Fsp3) is 0.556. The normalized spacial score (nSPS) is 11.0. The van der Waals surface area contributed by atoms with E-state index in [1.165, 1.54) is 0 Å². The van der Waals surface area contributed by atoms with E-state index in [2.05, 4.69) is 41.7 Å². The van der Waals surface area contributed by atoms with Crippen LogP contribution in [0.5, 0.6) is 0 Å². The van der Waals surface area contributed by atoms with E-state index in [4.69, 9.17) is 0 Å². The van der Waals surface area contributed by atoms with Gasteiger partial charge in [-0.3, -0.25) is 4.79 Å². The van der Waals surface area contributed by atoms with Crippen molar-refractivity contribution in [2.45, 2.75) is 47.1 Å². The summed E-state index contributed by atoms with van der Waals surface area (Å²) in [4.78, 5) is 16.1. The number of anilines is 1. The highest BCUT2D eigenvalue weighted by atomic mass is 127. The molecular weight excluding hydrogens is 415 g/mol. The van der Waals surface area contributed by atoms with Crippen molar-refractivity contribution in [3.63, 3.8) is 0 Å². The lowest BCUT2D eigenvalue weighted by Crippen LogP contribution is -2.39. The zero-order valence-electron chi connectivity index (χ0n) is 15.2. The van der Waals surface area contributed by atoms with Crippen molar-refractivity contribution < 1.29 is 4.79 Å². The van der Waals surface area contributed by atoms with Gasteiger partial charge in [0, 0.05) is 25.2 Å². The first-order valence-corrected chi connectivity index (χ1v) is 8.46. The summed E-state index contributed by atoms with van der Waals surface area (Å²) in [7, 11) is 0. The first-order valence-electron chi connectivity index (χ1n) is 8.46. The van der Waals surface area contributed by atoms with Gasteiger partial charge in [-0.15, -0.1) is 24.0 Å². The monoisotopic (exact) mass is 446 g/mol. The molecule has 24 heavy (non-hydrogen) atoms. The molecule has 6 heteroatoms. The predicted molar refractivity (Wildman–Crippen MR) is 113 cm³/mol. The minimum absolute atomic E-state index is 0.